The Hall–Kier alpha value is -2.63. The number of aryl methyl sites for hydroxylation is 1. The number of rotatable bonds is 6. The molecule has 0 aromatic carbocycles. The molecular formula is C17H24F3N7O2. The number of hydrogen-bond donors (Lipinski definition) is 3. The molecule has 29 heavy (non-hydrogen) atoms. The molecule has 2 aromatic rings. The van der Waals surface area contributed by atoms with Crippen LogP contribution in [0.1, 0.15) is 27.2 Å². The van der Waals surface area contributed by atoms with Gasteiger partial charge in [0.05, 0.1) is 12.4 Å². The van der Waals surface area contributed by atoms with E-state index in [0.29, 0.717) is 43.0 Å². The molecular weight excluding hydrogens is 391 g/mol. The number of nitrogens with zero attached hydrogens (tertiary/aromatic N) is 5. The maximum atomic E-state index is 12.8. The van der Waals surface area contributed by atoms with Gasteiger partial charge in [-0.05, 0) is 20.3 Å². The molecule has 2 aromatic heterocycles. The number of aliphatic hydroxyl groups is 1. The molecule has 0 saturated carbocycles. The molecule has 3 rings (SSSR count). The Balaban J connectivity index is 1.88. The number of aromatic nitrogens is 4. The van der Waals surface area contributed by atoms with Crippen LogP contribution in [0.3, 0.4) is 0 Å². The summed E-state index contributed by atoms with van der Waals surface area (Å²) in [5, 5.41) is 15.2. The summed E-state index contributed by atoms with van der Waals surface area (Å²) < 4.78 is 40.1. The lowest BCUT2D eigenvalue weighted by molar-refractivity contribution is -0.206. The summed E-state index contributed by atoms with van der Waals surface area (Å²) in [6.45, 7) is 6.28. The van der Waals surface area contributed by atoms with Crippen molar-refractivity contribution in [1.29, 1.82) is 0 Å². The Bertz CT molecular complexity index is 886. The van der Waals surface area contributed by atoms with Gasteiger partial charge in [0.2, 0.25) is 11.9 Å². The van der Waals surface area contributed by atoms with E-state index in [1.54, 1.807) is 15.8 Å². The van der Waals surface area contributed by atoms with Crippen LogP contribution in [-0.4, -0.2) is 72.9 Å². The summed E-state index contributed by atoms with van der Waals surface area (Å²) in [4.78, 5) is 26.2. The van der Waals surface area contributed by atoms with E-state index in [9.17, 15) is 23.1 Å². The highest BCUT2D eigenvalue weighted by atomic mass is 19.4. The van der Waals surface area contributed by atoms with Crippen LogP contribution in [0.25, 0.3) is 11.2 Å². The smallest absolute Gasteiger partial charge is 0.382 e. The van der Waals surface area contributed by atoms with Crippen molar-refractivity contribution >= 4 is 28.8 Å². The van der Waals surface area contributed by atoms with Gasteiger partial charge >= 0.3 is 6.18 Å². The number of nitrogens with one attached hydrogen (secondary N) is 2. The Labute approximate surface area is 165 Å². The van der Waals surface area contributed by atoms with E-state index in [-0.39, 0.29) is 17.9 Å². The number of likely N-dealkylation sites (tertiary alicyclic amines) is 1. The molecule has 3 heterocycles. The highest BCUT2D eigenvalue weighted by molar-refractivity contribution is 5.84. The average Bonchev–Trinajstić information content (AvgIpc) is 3.27. The summed E-state index contributed by atoms with van der Waals surface area (Å²) in [6, 6.07) is -1.41. The third kappa shape index (κ3) is 4.52. The molecule has 1 saturated heterocycles. The molecule has 3 atom stereocenters. The lowest BCUT2D eigenvalue weighted by Crippen LogP contribution is -2.42. The van der Waals surface area contributed by atoms with Crippen LogP contribution in [0.5, 0.6) is 0 Å². The second-order valence-electron chi connectivity index (χ2n) is 7.11. The summed E-state index contributed by atoms with van der Waals surface area (Å²) in [7, 11) is 0. The largest absolute Gasteiger partial charge is 0.416 e. The SMILES string of the molecule is CCn1cnc2c(N[C@H]3CCN(C(C)=O)C3)nc(N[C@H](C)[C@H](O)C(F)(F)F)nc21. The van der Waals surface area contributed by atoms with Crippen LogP contribution < -0.4 is 10.6 Å². The third-order valence-corrected chi connectivity index (χ3v) is 4.94. The van der Waals surface area contributed by atoms with Gasteiger partial charge in [0, 0.05) is 32.6 Å². The standard InChI is InChI=1S/C17H24F3N7O2/c1-4-26-8-21-12-14(23-11-5-6-27(7-11)10(3)28)24-16(25-15(12)26)22-9(2)13(29)17(18,19)20/h8-9,11,13,29H,4-7H2,1-3H3,(H2,22,23,24,25)/t9-,11+,13+/m1/s1. The molecule has 160 valence electrons. The van der Waals surface area contributed by atoms with Crippen LogP contribution in [-0.2, 0) is 11.3 Å². The average molecular weight is 415 g/mol. The Morgan fingerprint density at radius 2 is 2.14 bits per heavy atom. The van der Waals surface area contributed by atoms with Crippen LogP contribution in [0.2, 0.25) is 0 Å². The summed E-state index contributed by atoms with van der Waals surface area (Å²) in [5.74, 6) is 0.302. The molecule has 12 heteroatoms. The molecule has 9 nitrogen and oxygen atoms in total. The number of amides is 1. The molecule has 1 aliphatic heterocycles. The van der Waals surface area contributed by atoms with E-state index in [1.165, 1.54) is 13.8 Å². The van der Waals surface area contributed by atoms with Crippen LogP contribution in [0.4, 0.5) is 24.9 Å². The number of anilines is 2. The number of carbonyl (C=O) groups is 1. The molecule has 0 radical (unpaired) electrons. The van der Waals surface area contributed by atoms with E-state index < -0.39 is 18.3 Å². The number of imidazole rings is 1. The summed E-state index contributed by atoms with van der Waals surface area (Å²) in [5.41, 5.74) is 0.949. The predicted octanol–water partition coefficient (Wildman–Crippen LogP) is 1.60. The highest BCUT2D eigenvalue weighted by Crippen LogP contribution is 2.26. The second kappa shape index (κ2) is 8.01. The normalized spacial score (nSPS) is 19.4. The summed E-state index contributed by atoms with van der Waals surface area (Å²) in [6.07, 6.45) is -5.03. The maximum absolute atomic E-state index is 12.8. The number of aliphatic hydroxyl groups excluding tert-OH is 1. The number of alkyl halides is 3. The first-order chi connectivity index (χ1) is 13.6. The first-order valence-electron chi connectivity index (χ1n) is 9.36. The highest BCUT2D eigenvalue weighted by Gasteiger charge is 2.42. The van der Waals surface area contributed by atoms with Crippen LogP contribution in [0, 0.1) is 0 Å². The number of carbonyl (C=O) groups excluding carboxylic acids is 1. The zero-order chi connectivity index (χ0) is 21.3. The zero-order valence-corrected chi connectivity index (χ0v) is 16.4. The lowest BCUT2D eigenvalue weighted by atomic mass is 10.2. The maximum Gasteiger partial charge on any atom is 0.416 e. The zero-order valence-electron chi connectivity index (χ0n) is 16.4. The van der Waals surface area contributed by atoms with Gasteiger partial charge in [-0.25, -0.2) is 4.98 Å². The number of halogens is 3. The van der Waals surface area contributed by atoms with Crippen molar-refractivity contribution in [2.75, 3.05) is 23.7 Å². The van der Waals surface area contributed by atoms with Crippen molar-refractivity contribution in [3.8, 4) is 0 Å². The lowest BCUT2D eigenvalue weighted by Gasteiger charge is -2.23. The molecule has 0 aliphatic carbocycles. The minimum Gasteiger partial charge on any atom is -0.382 e. The van der Waals surface area contributed by atoms with Crippen molar-refractivity contribution in [1.82, 2.24) is 24.4 Å². The quantitative estimate of drug-likeness (QED) is 0.658. The molecule has 0 unspecified atom stereocenters. The Kier molecular flexibility index (Phi) is 5.82. The molecule has 1 aliphatic rings. The minimum absolute atomic E-state index is 0.0188. The molecule has 0 spiro atoms. The van der Waals surface area contributed by atoms with Crippen molar-refractivity contribution in [2.45, 2.75) is 58.1 Å². The van der Waals surface area contributed by atoms with Crippen LogP contribution >= 0.6 is 0 Å². The Morgan fingerprint density at radius 3 is 2.72 bits per heavy atom. The van der Waals surface area contributed by atoms with Crippen molar-refractivity contribution in [2.24, 2.45) is 0 Å². The first kappa shape index (κ1) is 21.1. The van der Waals surface area contributed by atoms with Crippen molar-refractivity contribution < 1.29 is 23.1 Å². The van der Waals surface area contributed by atoms with Crippen molar-refractivity contribution in [3.05, 3.63) is 6.33 Å². The first-order valence-corrected chi connectivity index (χ1v) is 9.36. The van der Waals surface area contributed by atoms with E-state index in [1.807, 2.05) is 6.92 Å². The van der Waals surface area contributed by atoms with Gasteiger partial charge in [-0.3, -0.25) is 4.79 Å². The van der Waals surface area contributed by atoms with E-state index >= 15 is 0 Å². The number of hydrogen-bond acceptors (Lipinski definition) is 7. The fraction of sp³-hybridized carbons (Fsp3) is 0.647. The van der Waals surface area contributed by atoms with E-state index in [2.05, 4.69) is 25.6 Å². The summed E-state index contributed by atoms with van der Waals surface area (Å²) >= 11 is 0. The third-order valence-electron chi connectivity index (χ3n) is 4.94. The monoisotopic (exact) mass is 415 g/mol. The molecule has 1 fully saturated rings. The molecule has 3 N–H and O–H groups in total. The predicted molar refractivity (Wildman–Crippen MR) is 100 cm³/mol. The topological polar surface area (TPSA) is 108 Å². The van der Waals surface area contributed by atoms with Crippen molar-refractivity contribution in [3.63, 3.8) is 0 Å². The minimum atomic E-state index is -4.76. The van der Waals surface area contributed by atoms with E-state index in [0.717, 1.165) is 0 Å². The second-order valence-corrected chi connectivity index (χ2v) is 7.11. The van der Waals surface area contributed by atoms with E-state index in [4.69, 9.17) is 0 Å². The van der Waals surface area contributed by atoms with Gasteiger partial charge in [-0.2, -0.15) is 23.1 Å². The van der Waals surface area contributed by atoms with Crippen LogP contribution in [0.15, 0.2) is 6.33 Å². The fourth-order valence-electron chi connectivity index (χ4n) is 3.26. The van der Waals surface area contributed by atoms with Gasteiger partial charge in [0.1, 0.15) is 0 Å². The Morgan fingerprint density at radius 1 is 1.41 bits per heavy atom. The van der Waals surface area contributed by atoms with Gasteiger partial charge < -0.3 is 25.2 Å². The van der Waals surface area contributed by atoms with Gasteiger partial charge in [-0.15, -0.1) is 0 Å². The number of fused-ring (bicyclic) bond motifs is 1. The fourth-order valence-corrected chi connectivity index (χ4v) is 3.26. The van der Waals surface area contributed by atoms with Gasteiger partial charge in [0.25, 0.3) is 0 Å². The van der Waals surface area contributed by atoms with Gasteiger partial charge in [-0.1, -0.05) is 0 Å². The molecule has 0 bridgehead atoms. The molecule has 1 amide bonds. The van der Waals surface area contributed by atoms with Gasteiger partial charge in [0.15, 0.2) is 23.1 Å².